The third-order valence-electron chi connectivity index (χ3n) is 2.68. The first kappa shape index (κ1) is 17.6. The van der Waals surface area contributed by atoms with Gasteiger partial charge in [0.1, 0.15) is 5.75 Å². The van der Waals surface area contributed by atoms with Crippen LogP contribution in [0.25, 0.3) is 0 Å². The molecule has 0 saturated heterocycles. The van der Waals surface area contributed by atoms with Crippen LogP contribution in [-0.4, -0.2) is 37.6 Å². The normalized spacial score (nSPS) is 13.0. The molecule has 1 aromatic rings. The van der Waals surface area contributed by atoms with Crippen LogP contribution in [0.3, 0.4) is 0 Å². The van der Waals surface area contributed by atoms with Crippen LogP contribution in [0.4, 0.5) is 4.39 Å². The number of alkyl halides is 1. The van der Waals surface area contributed by atoms with Crippen LogP contribution in [0.1, 0.15) is 38.1 Å². The lowest BCUT2D eigenvalue weighted by Gasteiger charge is -2.25. The van der Waals surface area contributed by atoms with Crippen LogP contribution in [0, 0.1) is 0 Å². The molecule has 0 aliphatic rings. The van der Waals surface area contributed by atoms with Gasteiger partial charge in [-0.05, 0) is 52.0 Å². The molecule has 0 N–H and O–H groups in total. The lowest BCUT2D eigenvalue weighted by molar-refractivity contribution is -0.201. The van der Waals surface area contributed by atoms with E-state index in [1.165, 1.54) is 19.2 Å². The van der Waals surface area contributed by atoms with E-state index in [2.05, 4.69) is 0 Å². The molecule has 5 heteroatoms. The molecule has 0 aliphatic heterocycles. The van der Waals surface area contributed by atoms with Gasteiger partial charge < -0.3 is 14.2 Å². The van der Waals surface area contributed by atoms with E-state index in [1.807, 2.05) is 0 Å². The Balaban J connectivity index is 2.84. The number of Topliss-reactive ketones (excluding diaryl/α,β-unsaturated/α-hetero) is 1. The summed E-state index contributed by atoms with van der Waals surface area (Å²) in [5.41, 5.74) is 0.257. The van der Waals surface area contributed by atoms with E-state index in [4.69, 9.17) is 14.2 Å². The van der Waals surface area contributed by atoms with Crippen molar-refractivity contribution in [1.82, 2.24) is 0 Å². The molecule has 0 heterocycles. The highest BCUT2D eigenvalue weighted by atomic mass is 19.1. The summed E-state index contributed by atoms with van der Waals surface area (Å²) in [5, 5.41) is 0. The number of hydrogen-bond donors (Lipinski definition) is 0. The molecule has 1 aromatic carbocycles. The van der Waals surface area contributed by atoms with Crippen molar-refractivity contribution in [3.8, 4) is 5.75 Å². The highest BCUT2D eigenvalue weighted by Crippen LogP contribution is 2.18. The number of methoxy groups -OCH3 is 1. The average molecular weight is 298 g/mol. The third kappa shape index (κ3) is 5.44. The van der Waals surface area contributed by atoms with Gasteiger partial charge in [-0.15, -0.1) is 0 Å². The summed E-state index contributed by atoms with van der Waals surface area (Å²) >= 11 is 0. The van der Waals surface area contributed by atoms with Crippen LogP contribution in [0.5, 0.6) is 5.75 Å². The minimum atomic E-state index is -1.87. The van der Waals surface area contributed by atoms with Crippen LogP contribution < -0.4 is 4.74 Å². The van der Waals surface area contributed by atoms with Crippen molar-refractivity contribution < 1.29 is 23.4 Å². The molecular weight excluding hydrogens is 275 g/mol. The van der Waals surface area contributed by atoms with Crippen molar-refractivity contribution in [2.45, 2.75) is 52.4 Å². The molecule has 1 atom stereocenters. The molecule has 1 rings (SSSR count). The Bertz CT molecular complexity index is 432. The predicted octanol–water partition coefficient (Wildman–Crippen LogP) is 3.39. The largest absolute Gasteiger partial charge is 0.497 e. The lowest BCUT2D eigenvalue weighted by atomic mass is 10.1. The fourth-order valence-corrected chi connectivity index (χ4v) is 1.74. The van der Waals surface area contributed by atoms with E-state index in [9.17, 15) is 9.18 Å². The van der Waals surface area contributed by atoms with E-state index >= 15 is 0 Å². The molecule has 118 valence electrons. The minimum Gasteiger partial charge on any atom is -0.497 e. The smallest absolute Gasteiger partial charge is 0.213 e. The van der Waals surface area contributed by atoms with Gasteiger partial charge in [-0.3, -0.25) is 4.79 Å². The maximum atomic E-state index is 14.4. The van der Waals surface area contributed by atoms with Gasteiger partial charge in [0.05, 0.1) is 19.3 Å². The van der Waals surface area contributed by atoms with Crippen molar-refractivity contribution >= 4 is 5.78 Å². The van der Waals surface area contributed by atoms with Crippen molar-refractivity contribution in [2.75, 3.05) is 7.11 Å². The molecule has 0 amide bonds. The Morgan fingerprint density at radius 3 is 1.86 bits per heavy atom. The Hall–Kier alpha value is -1.46. The van der Waals surface area contributed by atoms with Gasteiger partial charge in [0.25, 0.3) is 0 Å². The van der Waals surface area contributed by atoms with Crippen molar-refractivity contribution in [2.24, 2.45) is 0 Å². The number of halogens is 1. The summed E-state index contributed by atoms with van der Waals surface area (Å²) < 4.78 is 30.2. The molecule has 0 radical (unpaired) electrons. The van der Waals surface area contributed by atoms with Gasteiger partial charge in [0, 0.05) is 5.56 Å². The van der Waals surface area contributed by atoms with Crippen LogP contribution in [0.15, 0.2) is 24.3 Å². The Morgan fingerprint density at radius 2 is 1.48 bits per heavy atom. The van der Waals surface area contributed by atoms with Gasteiger partial charge in [0.15, 0.2) is 6.29 Å². The van der Waals surface area contributed by atoms with E-state index < -0.39 is 18.2 Å². The highest BCUT2D eigenvalue weighted by molar-refractivity contribution is 5.99. The topological polar surface area (TPSA) is 44.8 Å². The highest BCUT2D eigenvalue weighted by Gasteiger charge is 2.32. The molecule has 0 aliphatic carbocycles. The average Bonchev–Trinajstić information content (AvgIpc) is 2.44. The summed E-state index contributed by atoms with van der Waals surface area (Å²) in [7, 11) is 1.53. The first-order chi connectivity index (χ1) is 9.85. The minimum absolute atomic E-state index is 0.240. The quantitative estimate of drug-likeness (QED) is 0.545. The number of hydrogen-bond acceptors (Lipinski definition) is 4. The molecule has 4 nitrogen and oxygen atoms in total. The first-order valence-electron chi connectivity index (χ1n) is 6.98. The second-order valence-electron chi connectivity index (χ2n) is 5.23. The summed E-state index contributed by atoms with van der Waals surface area (Å²) in [6.07, 6.45) is -3.56. The first-order valence-corrected chi connectivity index (χ1v) is 6.98. The molecular formula is C16H23FO4. The third-order valence-corrected chi connectivity index (χ3v) is 2.68. The summed E-state index contributed by atoms with van der Waals surface area (Å²) in [4.78, 5) is 12.2. The van der Waals surface area contributed by atoms with Crippen molar-refractivity contribution in [3.63, 3.8) is 0 Å². The maximum absolute atomic E-state index is 14.4. The van der Waals surface area contributed by atoms with E-state index in [0.29, 0.717) is 5.75 Å². The number of rotatable bonds is 8. The second kappa shape index (κ2) is 8.10. The van der Waals surface area contributed by atoms with Crippen LogP contribution >= 0.6 is 0 Å². The molecule has 0 spiro atoms. The van der Waals surface area contributed by atoms with Gasteiger partial charge in [-0.25, -0.2) is 4.39 Å². The molecule has 21 heavy (non-hydrogen) atoms. The molecule has 0 aromatic heterocycles. The molecule has 0 bridgehead atoms. The zero-order valence-corrected chi connectivity index (χ0v) is 13.1. The fourth-order valence-electron chi connectivity index (χ4n) is 1.74. The lowest BCUT2D eigenvalue weighted by Crippen LogP contribution is -2.38. The molecule has 1 unspecified atom stereocenters. The van der Waals surface area contributed by atoms with Gasteiger partial charge >= 0.3 is 0 Å². The number of ketones is 1. The Kier molecular flexibility index (Phi) is 6.78. The SMILES string of the molecule is COc1ccc(C(=O)C(F)C(OC(C)C)OC(C)C)cc1. The summed E-state index contributed by atoms with van der Waals surface area (Å²) in [6, 6.07) is 6.27. The fraction of sp³-hybridized carbons (Fsp3) is 0.562. The summed E-state index contributed by atoms with van der Waals surface area (Å²) in [5.74, 6) is -0.0562. The molecule has 0 saturated carbocycles. The van der Waals surface area contributed by atoms with Gasteiger partial charge in [-0.2, -0.15) is 0 Å². The van der Waals surface area contributed by atoms with E-state index in [1.54, 1.807) is 39.8 Å². The van der Waals surface area contributed by atoms with Crippen molar-refractivity contribution in [1.29, 1.82) is 0 Å². The van der Waals surface area contributed by atoms with Crippen LogP contribution in [-0.2, 0) is 9.47 Å². The van der Waals surface area contributed by atoms with Crippen LogP contribution in [0.2, 0.25) is 0 Å². The monoisotopic (exact) mass is 298 g/mol. The number of carbonyl (C=O) groups excluding carboxylic acids is 1. The Morgan fingerprint density at radius 1 is 1.00 bits per heavy atom. The number of carbonyl (C=O) groups is 1. The van der Waals surface area contributed by atoms with Crippen molar-refractivity contribution in [3.05, 3.63) is 29.8 Å². The second-order valence-corrected chi connectivity index (χ2v) is 5.23. The number of benzene rings is 1. The zero-order chi connectivity index (χ0) is 16.0. The number of ether oxygens (including phenoxy) is 3. The van der Waals surface area contributed by atoms with E-state index in [0.717, 1.165) is 0 Å². The van der Waals surface area contributed by atoms with Gasteiger partial charge in [-0.1, -0.05) is 0 Å². The maximum Gasteiger partial charge on any atom is 0.213 e. The summed E-state index contributed by atoms with van der Waals surface area (Å²) in [6.45, 7) is 7.06. The predicted molar refractivity (Wildman–Crippen MR) is 78.5 cm³/mol. The van der Waals surface area contributed by atoms with E-state index in [-0.39, 0.29) is 17.8 Å². The molecule has 0 fully saturated rings. The standard InChI is InChI=1S/C16H23FO4/c1-10(2)20-16(21-11(3)4)14(17)15(18)12-6-8-13(19-5)9-7-12/h6-11,14,16H,1-5H3. The zero-order valence-electron chi connectivity index (χ0n) is 13.1. The van der Waals surface area contributed by atoms with Gasteiger partial charge in [0.2, 0.25) is 12.0 Å². The Labute approximate surface area is 125 Å².